The summed E-state index contributed by atoms with van der Waals surface area (Å²) in [5.74, 6) is -0.590. The van der Waals surface area contributed by atoms with Gasteiger partial charge < -0.3 is 19.5 Å². The van der Waals surface area contributed by atoms with E-state index in [1.54, 1.807) is 18.2 Å². The molecule has 0 spiro atoms. The van der Waals surface area contributed by atoms with E-state index in [0.29, 0.717) is 35.7 Å². The Bertz CT molecular complexity index is 1400. The lowest BCUT2D eigenvalue weighted by Crippen LogP contribution is -2.39. The van der Waals surface area contributed by atoms with Crippen molar-refractivity contribution >= 4 is 17.7 Å². The number of aromatic nitrogens is 1. The van der Waals surface area contributed by atoms with Crippen LogP contribution in [-0.2, 0) is 16.0 Å². The third-order valence-electron chi connectivity index (χ3n) is 7.73. The van der Waals surface area contributed by atoms with Crippen LogP contribution in [0.15, 0.2) is 55.1 Å². The zero-order valence-electron chi connectivity index (χ0n) is 25.7. The Balaban J connectivity index is 1.75. The third kappa shape index (κ3) is 7.57. The maximum absolute atomic E-state index is 13.2. The summed E-state index contributed by atoms with van der Waals surface area (Å²) in [6.07, 6.45) is 3.17. The van der Waals surface area contributed by atoms with Gasteiger partial charge in [0.2, 0.25) is 0 Å². The normalized spacial score (nSPS) is 15.7. The number of piperidine rings is 1. The molecule has 3 aromatic rings. The Labute approximate surface area is 249 Å². The molecule has 0 bridgehead atoms. The number of ether oxygens (including phenoxy) is 2. The number of benzene rings is 2. The highest BCUT2D eigenvalue weighted by molar-refractivity contribution is 5.90. The molecule has 0 saturated carbocycles. The van der Waals surface area contributed by atoms with E-state index in [9.17, 15) is 14.3 Å². The number of pyridine rings is 1. The van der Waals surface area contributed by atoms with Gasteiger partial charge >= 0.3 is 5.97 Å². The van der Waals surface area contributed by atoms with Crippen molar-refractivity contribution in [2.45, 2.75) is 72.5 Å². The molecule has 1 N–H and O–H groups in total. The first-order chi connectivity index (χ1) is 19.8. The maximum atomic E-state index is 13.2. The molecule has 42 heavy (non-hydrogen) atoms. The van der Waals surface area contributed by atoms with Crippen LogP contribution in [0.25, 0.3) is 17.2 Å². The minimum atomic E-state index is -1.19. The van der Waals surface area contributed by atoms with Crippen LogP contribution in [-0.4, -0.2) is 41.4 Å². The van der Waals surface area contributed by atoms with Crippen LogP contribution in [0, 0.1) is 18.2 Å². The minimum absolute atomic E-state index is 0.210. The largest absolute Gasteiger partial charge is 0.493 e. The van der Waals surface area contributed by atoms with Crippen LogP contribution in [0.4, 0.5) is 10.1 Å². The molecular weight excluding hydrogens is 531 g/mol. The van der Waals surface area contributed by atoms with Crippen molar-refractivity contribution in [1.29, 1.82) is 0 Å². The second-order valence-electron chi connectivity index (χ2n) is 12.8. The number of aliphatic carboxylic acids is 1. The van der Waals surface area contributed by atoms with E-state index in [2.05, 4.69) is 25.3 Å². The quantitative estimate of drug-likeness (QED) is 0.264. The SMILES string of the molecule is C=Cc1nc(C)c([C@H](OC(C)(C)C)C(=O)O)c(N2CCC(C)(C)CC2)c1-c1ccc(OCCc2ccc(F)cc2)cc1. The molecule has 0 amide bonds. The van der Waals surface area contributed by atoms with Crippen molar-refractivity contribution in [3.63, 3.8) is 0 Å². The zero-order chi connectivity index (χ0) is 30.7. The van der Waals surface area contributed by atoms with Crippen LogP contribution in [0.3, 0.4) is 0 Å². The summed E-state index contributed by atoms with van der Waals surface area (Å²) in [5, 5.41) is 10.4. The lowest BCUT2D eigenvalue weighted by Gasteiger charge is -2.41. The topological polar surface area (TPSA) is 71.9 Å². The van der Waals surface area contributed by atoms with Crippen molar-refractivity contribution < 1.29 is 23.8 Å². The van der Waals surface area contributed by atoms with Crippen LogP contribution in [0.2, 0.25) is 0 Å². The van der Waals surface area contributed by atoms with Gasteiger partial charge in [0.05, 0.1) is 23.6 Å². The fraction of sp³-hybridized carbons (Fsp3) is 0.429. The van der Waals surface area contributed by atoms with Crippen LogP contribution in [0.5, 0.6) is 5.75 Å². The van der Waals surface area contributed by atoms with Gasteiger partial charge in [-0.25, -0.2) is 9.18 Å². The van der Waals surface area contributed by atoms with Crippen molar-refractivity contribution in [2.24, 2.45) is 5.41 Å². The van der Waals surface area contributed by atoms with E-state index in [1.165, 1.54) is 12.1 Å². The highest BCUT2D eigenvalue weighted by atomic mass is 19.1. The number of carbonyl (C=O) groups is 1. The fourth-order valence-corrected chi connectivity index (χ4v) is 5.38. The molecule has 6 nitrogen and oxygen atoms in total. The number of hydrogen-bond donors (Lipinski definition) is 1. The van der Waals surface area contributed by atoms with Gasteiger partial charge in [-0.1, -0.05) is 44.7 Å². The fourth-order valence-electron chi connectivity index (χ4n) is 5.38. The second kappa shape index (κ2) is 12.7. The molecule has 0 aliphatic carbocycles. The molecule has 2 heterocycles. The summed E-state index contributed by atoms with van der Waals surface area (Å²) in [5.41, 5.74) is 5.00. The van der Waals surface area contributed by atoms with Crippen LogP contribution >= 0.6 is 0 Å². The molecule has 0 unspecified atom stereocenters. The van der Waals surface area contributed by atoms with Crippen molar-refractivity contribution in [2.75, 3.05) is 24.6 Å². The average molecular weight is 575 g/mol. The molecule has 1 atom stereocenters. The number of anilines is 1. The van der Waals surface area contributed by atoms with Crippen molar-refractivity contribution in [1.82, 2.24) is 4.98 Å². The predicted octanol–water partition coefficient (Wildman–Crippen LogP) is 8.03. The van der Waals surface area contributed by atoms with Gasteiger partial charge in [0.25, 0.3) is 0 Å². The number of carboxylic acids is 1. The number of nitrogens with zero attached hydrogens (tertiary/aromatic N) is 2. The van der Waals surface area contributed by atoms with E-state index in [-0.39, 0.29) is 11.2 Å². The average Bonchev–Trinajstić information content (AvgIpc) is 2.92. The lowest BCUT2D eigenvalue weighted by molar-refractivity contribution is -0.160. The van der Waals surface area contributed by atoms with Gasteiger partial charge in [-0.15, -0.1) is 0 Å². The summed E-state index contributed by atoms with van der Waals surface area (Å²) in [7, 11) is 0. The number of rotatable bonds is 10. The summed E-state index contributed by atoms with van der Waals surface area (Å²) in [6, 6.07) is 14.2. The van der Waals surface area contributed by atoms with E-state index in [0.717, 1.165) is 48.3 Å². The predicted molar refractivity (Wildman–Crippen MR) is 167 cm³/mol. The van der Waals surface area contributed by atoms with Gasteiger partial charge in [0.15, 0.2) is 6.10 Å². The molecule has 7 heteroatoms. The molecule has 224 valence electrons. The highest BCUT2D eigenvalue weighted by Crippen LogP contribution is 2.45. The monoisotopic (exact) mass is 574 g/mol. The summed E-state index contributed by atoms with van der Waals surface area (Å²) < 4.78 is 25.4. The number of halogens is 1. The van der Waals surface area contributed by atoms with Gasteiger partial charge in [-0.2, -0.15) is 0 Å². The third-order valence-corrected chi connectivity index (χ3v) is 7.73. The molecule has 1 aliphatic rings. The van der Waals surface area contributed by atoms with Gasteiger partial charge in [-0.05, 0) is 87.4 Å². The van der Waals surface area contributed by atoms with Crippen molar-refractivity contribution in [3.05, 3.63) is 83.4 Å². The first kappa shape index (κ1) is 31.2. The first-order valence-corrected chi connectivity index (χ1v) is 14.6. The Kier molecular flexibility index (Phi) is 9.41. The summed E-state index contributed by atoms with van der Waals surface area (Å²) in [4.78, 5) is 19.9. The first-order valence-electron chi connectivity index (χ1n) is 14.6. The van der Waals surface area contributed by atoms with Gasteiger partial charge in [0, 0.05) is 36.3 Å². The Morgan fingerprint density at radius 3 is 2.29 bits per heavy atom. The van der Waals surface area contributed by atoms with Gasteiger partial charge in [0.1, 0.15) is 11.6 Å². The number of aryl methyl sites for hydroxylation is 1. The molecule has 4 rings (SSSR count). The lowest BCUT2D eigenvalue weighted by atomic mass is 9.81. The number of hydrogen-bond acceptors (Lipinski definition) is 5. The second-order valence-corrected chi connectivity index (χ2v) is 12.8. The van der Waals surface area contributed by atoms with Crippen LogP contribution < -0.4 is 9.64 Å². The van der Waals surface area contributed by atoms with Gasteiger partial charge in [-0.3, -0.25) is 4.98 Å². The molecule has 1 aliphatic heterocycles. The molecule has 1 fully saturated rings. The molecule has 1 saturated heterocycles. The summed E-state index contributed by atoms with van der Waals surface area (Å²) in [6.45, 7) is 18.1. The highest BCUT2D eigenvalue weighted by Gasteiger charge is 2.36. The summed E-state index contributed by atoms with van der Waals surface area (Å²) >= 11 is 0. The molecular formula is C35H43FN2O4. The van der Waals surface area contributed by atoms with Crippen LogP contribution in [0.1, 0.15) is 76.1 Å². The minimum Gasteiger partial charge on any atom is -0.493 e. The smallest absolute Gasteiger partial charge is 0.337 e. The van der Waals surface area contributed by atoms with E-state index >= 15 is 0 Å². The molecule has 0 radical (unpaired) electrons. The molecule has 1 aromatic heterocycles. The Morgan fingerprint density at radius 1 is 1.12 bits per heavy atom. The van der Waals surface area contributed by atoms with E-state index < -0.39 is 17.7 Å². The maximum Gasteiger partial charge on any atom is 0.337 e. The Hall–Kier alpha value is -3.71. The molecule has 2 aromatic carbocycles. The van der Waals surface area contributed by atoms with E-state index in [4.69, 9.17) is 14.5 Å². The zero-order valence-corrected chi connectivity index (χ0v) is 25.7. The number of carboxylic acid groups (broad SMARTS) is 1. The van der Waals surface area contributed by atoms with E-state index in [1.807, 2.05) is 52.0 Å². The Morgan fingerprint density at radius 2 is 1.74 bits per heavy atom. The standard InChI is InChI=1S/C35H43FN2O4/c1-8-28-30(25-11-15-27(16-12-25)41-22-17-24-9-13-26(36)14-10-24)31(38-20-18-35(6,7)19-21-38)29(23(2)37-28)32(33(39)40)42-34(3,4)5/h8-16,32H,1,17-22H2,2-7H3,(H,39,40)/t32-/m0/s1. The van der Waals surface area contributed by atoms with Crippen molar-refractivity contribution in [3.8, 4) is 16.9 Å².